The molecule has 0 aromatic heterocycles. The quantitative estimate of drug-likeness (QED) is 0.748. The van der Waals surface area contributed by atoms with Crippen LogP contribution in [0.3, 0.4) is 0 Å². The van der Waals surface area contributed by atoms with Gasteiger partial charge in [0.05, 0.1) is 4.91 Å². The van der Waals surface area contributed by atoms with Crippen LogP contribution in [0.1, 0.15) is 12.5 Å². The van der Waals surface area contributed by atoms with Crippen LogP contribution in [0.5, 0.6) is 5.75 Å². The molecule has 0 saturated carbocycles. The Balaban J connectivity index is 1.67. The fourth-order valence-electron chi connectivity index (χ4n) is 2.62. The average Bonchev–Trinajstić information content (AvgIpc) is 2.90. The Morgan fingerprint density at radius 1 is 1.14 bits per heavy atom. The molecule has 1 aliphatic heterocycles. The third kappa shape index (κ3) is 4.89. The highest BCUT2D eigenvalue weighted by molar-refractivity contribution is 8.18. The number of hydrogen-bond donors (Lipinski definition) is 2. The average molecular weight is 394 g/mol. The van der Waals surface area contributed by atoms with Gasteiger partial charge in [0.1, 0.15) is 12.3 Å². The number of rotatable bonds is 5. The first-order chi connectivity index (χ1) is 13.4. The Hall–Kier alpha value is -3.32. The number of phenols is 1. The number of aromatic hydroxyl groups is 1. The molecule has 2 aromatic rings. The SMILES string of the molecule is CC(=Cc1ccccc1)/C=C1\SC(=O)N(CC(=O)Nc2cccc(O)c2)C1=O. The Labute approximate surface area is 166 Å². The van der Waals surface area contributed by atoms with Crippen LogP contribution in [0.15, 0.2) is 71.2 Å². The molecule has 3 rings (SSSR count). The highest BCUT2D eigenvalue weighted by Gasteiger charge is 2.36. The largest absolute Gasteiger partial charge is 0.508 e. The molecule has 7 heteroatoms. The predicted octanol–water partition coefficient (Wildman–Crippen LogP) is 4.01. The summed E-state index contributed by atoms with van der Waals surface area (Å²) in [5, 5.41) is 11.5. The van der Waals surface area contributed by atoms with E-state index in [2.05, 4.69) is 5.32 Å². The summed E-state index contributed by atoms with van der Waals surface area (Å²) < 4.78 is 0. The van der Waals surface area contributed by atoms with Crippen molar-refractivity contribution in [2.75, 3.05) is 11.9 Å². The van der Waals surface area contributed by atoms with Gasteiger partial charge in [-0.3, -0.25) is 19.3 Å². The lowest BCUT2D eigenvalue weighted by Gasteiger charge is -2.12. The summed E-state index contributed by atoms with van der Waals surface area (Å²) in [6.45, 7) is 1.45. The summed E-state index contributed by atoms with van der Waals surface area (Å²) in [6.07, 6.45) is 3.55. The van der Waals surface area contributed by atoms with Crippen molar-refractivity contribution >= 4 is 40.6 Å². The molecule has 0 unspecified atom stereocenters. The molecule has 0 atom stereocenters. The molecule has 6 nitrogen and oxygen atoms in total. The highest BCUT2D eigenvalue weighted by atomic mass is 32.2. The van der Waals surface area contributed by atoms with Gasteiger partial charge in [-0.15, -0.1) is 0 Å². The summed E-state index contributed by atoms with van der Waals surface area (Å²) in [7, 11) is 0. The standard InChI is InChI=1S/C21H18N2O4S/c1-14(10-15-6-3-2-4-7-15)11-18-20(26)23(21(27)28-18)13-19(25)22-16-8-5-9-17(24)12-16/h2-12,24H,13H2,1H3,(H,22,25)/b14-10?,18-11-. The fraction of sp³-hybridized carbons (Fsp3) is 0.0952. The molecule has 0 spiro atoms. The van der Waals surface area contributed by atoms with E-state index in [1.54, 1.807) is 18.2 Å². The number of imide groups is 1. The molecular weight excluding hydrogens is 376 g/mol. The maximum atomic E-state index is 12.5. The van der Waals surface area contributed by atoms with Gasteiger partial charge in [-0.25, -0.2) is 0 Å². The number of anilines is 1. The van der Waals surface area contributed by atoms with Crippen LogP contribution in [0.25, 0.3) is 6.08 Å². The summed E-state index contributed by atoms with van der Waals surface area (Å²) in [5.74, 6) is -1.01. The maximum absolute atomic E-state index is 12.5. The van der Waals surface area contributed by atoms with Gasteiger partial charge in [0.2, 0.25) is 5.91 Å². The van der Waals surface area contributed by atoms with Gasteiger partial charge in [-0.2, -0.15) is 0 Å². The van der Waals surface area contributed by atoms with Crippen LogP contribution in [-0.2, 0) is 9.59 Å². The van der Waals surface area contributed by atoms with Crippen LogP contribution in [-0.4, -0.2) is 33.6 Å². The van der Waals surface area contributed by atoms with E-state index in [9.17, 15) is 19.5 Å². The fourth-order valence-corrected chi connectivity index (χ4v) is 3.51. The number of phenolic OH excluding ortho intramolecular Hbond substituents is 1. The maximum Gasteiger partial charge on any atom is 0.294 e. The van der Waals surface area contributed by atoms with Gasteiger partial charge in [0.15, 0.2) is 0 Å². The van der Waals surface area contributed by atoms with Crippen molar-refractivity contribution < 1.29 is 19.5 Å². The van der Waals surface area contributed by atoms with Gasteiger partial charge in [0.25, 0.3) is 11.1 Å². The zero-order valence-electron chi connectivity index (χ0n) is 15.1. The van der Waals surface area contributed by atoms with Crippen LogP contribution >= 0.6 is 11.8 Å². The van der Waals surface area contributed by atoms with E-state index >= 15 is 0 Å². The van der Waals surface area contributed by atoms with Crippen molar-refractivity contribution in [3.63, 3.8) is 0 Å². The van der Waals surface area contributed by atoms with Crippen molar-refractivity contribution in [2.45, 2.75) is 6.92 Å². The zero-order valence-corrected chi connectivity index (χ0v) is 15.9. The second kappa shape index (κ2) is 8.58. The number of thioether (sulfide) groups is 1. The first-order valence-electron chi connectivity index (χ1n) is 8.50. The monoisotopic (exact) mass is 394 g/mol. The normalized spacial score (nSPS) is 16.0. The third-order valence-corrected chi connectivity index (χ3v) is 4.77. The molecule has 0 radical (unpaired) electrons. The molecule has 1 saturated heterocycles. The van der Waals surface area contributed by atoms with Crippen LogP contribution in [0.4, 0.5) is 10.5 Å². The molecule has 28 heavy (non-hydrogen) atoms. The molecule has 1 heterocycles. The van der Waals surface area contributed by atoms with Gasteiger partial charge in [-0.05, 0) is 48.0 Å². The Morgan fingerprint density at radius 3 is 2.61 bits per heavy atom. The molecule has 3 amide bonds. The molecule has 1 aliphatic rings. The van der Waals surface area contributed by atoms with Crippen molar-refractivity contribution in [1.29, 1.82) is 0 Å². The first-order valence-corrected chi connectivity index (χ1v) is 9.31. The van der Waals surface area contributed by atoms with E-state index in [0.717, 1.165) is 27.8 Å². The van der Waals surface area contributed by atoms with Crippen LogP contribution in [0, 0.1) is 0 Å². The van der Waals surface area contributed by atoms with Crippen molar-refractivity contribution in [1.82, 2.24) is 4.90 Å². The number of carbonyl (C=O) groups is 3. The van der Waals surface area contributed by atoms with Gasteiger partial charge >= 0.3 is 0 Å². The van der Waals surface area contributed by atoms with Crippen molar-refractivity contribution in [2.24, 2.45) is 0 Å². The molecular formula is C21H18N2O4S. The predicted molar refractivity (Wildman–Crippen MR) is 110 cm³/mol. The van der Waals surface area contributed by atoms with Gasteiger partial charge < -0.3 is 10.4 Å². The van der Waals surface area contributed by atoms with Crippen LogP contribution < -0.4 is 5.32 Å². The summed E-state index contributed by atoms with van der Waals surface area (Å²) >= 11 is 0.809. The van der Waals surface area contributed by atoms with E-state index < -0.39 is 17.1 Å². The minimum atomic E-state index is -0.523. The number of nitrogens with zero attached hydrogens (tertiary/aromatic N) is 1. The molecule has 142 valence electrons. The van der Waals surface area contributed by atoms with Crippen molar-refractivity contribution in [3.8, 4) is 5.75 Å². The molecule has 2 aromatic carbocycles. The molecule has 2 N–H and O–H groups in total. The number of nitrogens with one attached hydrogen (secondary N) is 1. The van der Waals surface area contributed by atoms with E-state index in [1.807, 2.05) is 43.3 Å². The number of amides is 3. The second-order valence-corrected chi connectivity index (χ2v) is 7.16. The minimum absolute atomic E-state index is 0.00702. The third-order valence-electron chi connectivity index (χ3n) is 3.86. The Kier molecular flexibility index (Phi) is 5.96. The number of benzene rings is 2. The highest BCUT2D eigenvalue weighted by Crippen LogP contribution is 2.31. The smallest absolute Gasteiger partial charge is 0.294 e. The lowest BCUT2D eigenvalue weighted by molar-refractivity contribution is -0.127. The number of carbonyl (C=O) groups excluding carboxylic acids is 3. The Bertz CT molecular complexity index is 983. The topological polar surface area (TPSA) is 86.7 Å². The number of hydrogen-bond acceptors (Lipinski definition) is 5. The zero-order chi connectivity index (χ0) is 20.1. The molecule has 1 fully saturated rings. The van der Waals surface area contributed by atoms with Gasteiger partial charge in [-0.1, -0.05) is 42.5 Å². The van der Waals surface area contributed by atoms with E-state index in [1.165, 1.54) is 12.1 Å². The van der Waals surface area contributed by atoms with E-state index in [-0.39, 0.29) is 17.2 Å². The minimum Gasteiger partial charge on any atom is -0.508 e. The van der Waals surface area contributed by atoms with E-state index in [4.69, 9.17) is 0 Å². The second-order valence-electron chi connectivity index (χ2n) is 6.17. The summed E-state index contributed by atoms with van der Waals surface area (Å²) in [6, 6.07) is 15.7. The van der Waals surface area contributed by atoms with Crippen molar-refractivity contribution in [3.05, 3.63) is 76.7 Å². The number of allylic oxidation sites excluding steroid dienone is 2. The first kappa shape index (κ1) is 19.4. The lowest BCUT2D eigenvalue weighted by atomic mass is 10.1. The summed E-state index contributed by atoms with van der Waals surface area (Å²) in [5.41, 5.74) is 2.19. The van der Waals surface area contributed by atoms with Crippen LogP contribution in [0.2, 0.25) is 0 Å². The Morgan fingerprint density at radius 2 is 1.89 bits per heavy atom. The summed E-state index contributed by atoms with van der Waals surface area (Å²) in [4.78, 5) is 38.0. The molecule has 0 aliphatic carbocycles. The van der Waals surface area contributed by atoms with E-state index in [0.29, 0.717) is 5.69 Å². The lowest BCUT2D eigenvalue weighted by Crippen LogP contribution is -2.36. The molecule has 0 bridgehead atoms. The van der Waals surface area contributed by atoms with Gasteiger partial charge in [0, 0.05) is 11.8 Å².